The van der Waals surface area contributed by atoms with E-state index in [1.165, 1.54) is 0 Å². The van der Waals surface area contributed by atoms with E-state index in [0.29, 0.717) is 0 Å². The van der Waals surface area contributed by atoms with Gasteiger partial charge in [0.15, 0.2) is 0 Å². The van der Waals surface area contributed by atoms with Crippen molar-refractivity contribution in [2.75, 3.05) is 0 Å². The topological polar surface area (TPSA) is 94.6 Å². The first-order valence-corrected chi connectivity index (χ1v) is 4.78. The SMILES string of the molecule is O=c1oc(=O)c2c(Cl)c3c(=O)oc(=O)c3cc12. The highest BCUT2D eigenvalue weighted by Crippen LogP contribution is 2.25. The zero-order chi connectivity index (χ0) is 12.3. The smallest absolute Gasteiger partial charge is 0.348 e. The molecule has 2 aromatic heterocycles. The molecule has 0 atom stereocenters. The van der Waals surface area contributed by atoms with Gasteiger partial charge in [0.2, 0.25) is 0 Å². The van der Waals surface area contributed by atoms with Crippen LogP contribution in [-0.2, 0) is 0 Å². The molecule has 17 heavy (non-hydrogen) atoms. The van der Waals surface area contributed by atoms with Crippen LogP contribution in [0.2, 0.25) is 5.02 Å². The summed E-state index contributed by atoms with van der Waals surface area (Å²) in [4.78, 5) is 45.2. The average molecular weight is 253 g/mol. The fourth-order valence-electron chi connectivity index (χ4n) is 1.75. The Morgan fingerprint density at radius 3 is 1.59 bits per heavy atom. The zero-order valence-electron chi connectivity index (χ0n) is 7.90. The minimum absolute atomic E-state index is 0.134. The zero-order valence-corrected chi connectivity index (χ0v) is 8.66. The predicted molar refractivity (Wildman–Crippen MR) is 58.4 cm³/mol. The number of rotatable bonds is 0. The van der Waals surface area contributed by atoms with Gasteiger partial charge in [-0.3, -0.25) is 0 Å². The largest absolute Gasteiger partial charge is 0.386 e. The van der Waals surface area contributed by atoms with Gasteiger partial charge in [-0.05, 0) is 6.07 Å². The van der Waals surface area contributed by atoms with Gasteiger partial charge in [-0.15, -0.1) is 0 Å². The lowest BCUT2D eigenvalue weighted by molar-refractivity contribution is 0.498. The Balaban J connectivity index is 2.87. The maximum Gasteiger partial charge on any atom is 0.348 e. The predicted octanol–water partition coefficient (Wildman–Crippen LogP) is 0.149. The Hall–Kier alpha value is -2.21. The standard InChI is InChI=1S/C10HClO6/c11-6-4-2(7(12)16-9(4)14)1-3-5(6)10(15)17-8(3)13/h1H. The van der Waals surface area contributed by atoms with Crippen molar-refractivity contribution < 1.29 is 8.83 Å². The van der Waals surface area contributed by atoms with E-state index in [2.05, 4.69) is 8.83 Å². The van der Waals surface area contributed by atoms with Gasteiger partial charge in [0.25, 0.3) is 0 Å². The molecule has 0 N–H and O–H groups in total. The van der Waals surface area contributed by atoms with Crippen molar-refractivity contribution in [3.8, 4) is 0 Å². The molecule has 0 spiro atoms. The Kier molecular flexibility index (Phi) is 1.71. The fraction of sp³-hybridized carbons (Fsp3) is 0. The van der Waals surface area contributed by atoms with E-state index in [1.807, 2.05) is 0 Å². The van der Waals surface area contributed by atoms with Gasteiger partial charge >= 0.3 is 22.5 Å². The van der Waals surface area contributed by atoms with Crippen LogP contribution in [0.25, 0.3) is 21.5 Å². The molecule has 84 valence electrons. The summed E-state index contributed by atoms with van der Waals surface area (Å²) in [5.74, 6) is 0. The van der Waals surface area contributed by atoms with Crippen molar-refractivity contribution in [1.29, 1.82) is 0 Å². The monoisotopic (exact) mass is 252 g/mol. The molecule has 3 aromatic rings. The van der Waals surface area contributed by atoms with Crippen LogP contribution in [0, 0.1) is 0 Å². The van der Waals surface area contributed by atoms with Gasteiger partial charge in [0, 0.05) is 0 Å². The first-order valence-electron chi connectivity index (χ1n) is 4.40. The van der Waals surface area contributed by atoms with Gasteiger partial charge in [0.1, 0.15) is 0 Å². The Labute approximate surface area is 95.3 Å². The van der Waals surface area contributed by atoms with E-state index >= 15 is 0 Å². The first-order chi connectivity index (χ1) is 8.00. The van der Waals surface area contributed by atoms with Crippen LogP contribution in [0.15, 0.2) is 34.1 Å². The lowest BCUT2D eigenvalue weighted by atomic mass is 10.1. The molecular formula is C10HClO6. The second-order valence-electron chi connectivity index (χ2n) is 3.39. The molecule has 0 saturated carbocycles. The van der Waals surface area contributed by atoms with E-state index in [4.69, 9.17) is 11.6 Å². The van der Waals surface area contributed by atoms with Crippen molar-refractivity contribution in [2.45, 2.75) is 0 Å². The van der Waals surface area contributed by atoms with Crippen LogP contribution in [0.3, 0.4) is 0 Å². The van der Waals surface area contributed by atoms with Gasteiger partial charge in [0.05, 0.1) is 26.6 Å². The maximum absolute atomic E-state index is 11.3. The molecule has 0 radical (unpaired) electrons. The van der Waals surface area contributed by atoms with Gasteiger partial charge in [-0.2, -0.15) is 0 Å². The van der Waals surface area contributed by atoms with Gasteiger partial charge < -0.3 is 8.83 Å². The van der Waals surface area contributed by atoms with Crippen molar-refractivity contribution in [2.24, 2.45) is 0 Å². The number of hydrogen-bond donors (Lipinski definition) is 0. The lowest BCUT2D eigenvalue weighted by Gasteiger charge is -1.90. The van der Waals surface area contributed by atoms with E-state index in [0.717, 1.165) is 6.07 Å². The molecule has 7 heteroatoms. The molecule has 0 bridgehead atoms. The number of furan rings is 2. The summed E-state index contributed by atoms with van der Waals surface area (Å²) in [6, 6.07) is 1.08. The van der Waals surface area contributed by atoms with Crippen molar-refractivity contribution >= 4 is 33.1 Å². The summed E-state index contributed by atoms with van der Waals surface area (Å²) < 4.78 is 8.67. The average Bonchev–Trinajstić information content (AvgIpc) is 2.68. The molecule has 6 nitrogen and oxygen atoms in total. The Bertz CT molecular complexity index is 890. The molecule has 1 aromatic carbocycles. The highest BCUT2D eigenvalue weighted by Gasteiger charge is 2.21. The minimum Gasteiger partial charge on any atom is -0.386 e. The number of hydrogen-bond acceptors (Lipinski definition) is 6. The molecule has 0 amide bonds. The number of benzene rings is 1. The molecule has 0 fully saturated rings. The summed E-state index contributed by atoms with van der Waals surface area (Å²) in [5.41, 5.74) is -3.68. The van der Waals surface area contributed by atoms with E-state index in [1.54, 1.807) is 0 Å². The van der Waals surface area contributed by atoms with Crippen molar-refractivity contribution in [3.05, 3.63) is 52.8 Å². The Morgan fingerprint density at radius 2 is 1.18 bits per heavy atom. The third-order valence-electron chi connectivity index (χ3n) is 2.49. The van der Waals surface area contributed by atoms with Crippen LogP contribution in [-0.4, -0.2) is 0 Å². The maximum atomic E-state index is 11.3. The first kappa shape index (κ1) is 9.98. The molecule has 0 unspecified atom stereocenters. The second kappa shape index (κ2) is 2.92. The normalized spacial score (nSPS) is 11.6. The third kappa shape index (κ3) is 1.10. The fourth-order valence-corrected chi connectivity index (χ4v) is 2.11. The summed E-state index contributed by atoms with van der Waals surface area (Å²) in [7, 11) is 0. The van der Waals surface area contributed by atoms with Crippen LogP contribution in [0.4, 0.5) is 0 Å². The minimum atomic E-state index is -0.940. The summed E-state index contributed by atoms with van der Waals surface area (Å²) in [6.45, 7) is 0. The van der Waals surface area contributed by atoms with E-state index in [-0.39, 0.29) is 26.6 Å². The Morgan fingerprint density at radius 1 is 0.765 bits per heavy atom. The summed E-state index contributed by atoms with van der Waals surface area (Å²) >= 11 is 5.81. The van der Waals surface area contributed by atoms with Crippen LogP contribution >= 0.6 is 11.6 Å². The molecule has 0 saturated heterocycles. The van der Waals surface area contributed by atoms with E-state index < -0.39 is 22.5 Å². The molecule has 0 aliphatic heterocycles. The quantitative estimate of drug-likeness (QED) is 0.565. The number of halogens is 1. The van der Waals surface area contributed by atoms with Crippen molar-refractivity contribution in [1.82, 2.24) is 0 Å². The third-order valence-corrected chi connectivity index (χ3v) is 2.86. The summed E-state index contributed by atoms with van der Waals surface area (Å²) in [5, 5.41) is -0.968. The molecular weight excluding hydrogens is 252 g/mol. The molecule has 3 rings (SSSR count). The highest BCUT2D eigenvalue weighted by molar-refractivity contribution is 6.40. The van der Waals surface area contributed by atoms with Gasteiger partial charge in [-0.1, -0.05) is 11.6 Å². The van der Waals surface area contributed by atoms with E-state index in [9.17, 15) is 19.2 Å². The lowest BCUT2D eigenvalue weighted by Crippen LogP contribution is -1.96. The molecule has 2 heterocycles. The van der Waals surface area contributed by atoms with Gasteiger partial charge in [-0.25, -0.2) is 19.2 Å². The second-order valence-corrected chi connectivity index (χ2v) is 3.77. The van der Waals surface area contributed by atoms with Crippen LogP contribution < -0.4 is 22.5 Å². The highest BCUT2D eigenvalue weighted by atomic mass is 35.5. The molecule has 0 aliphatic carbocycles. The van der Waals surface area contributed by atoms with Crippen LogP contribution in [0.5, 0.6) is 0 Å². The summed E-state index contributed by atoms with van der Waals surface area (Å²) in [6.07, 6.45) is 0. The number of fused-ring (bicyclic) bond motifs is 2. The van der Waals surface area contributed by atoms with Crippen LogP contribution in [0.1, 0.15) is 0 Å². The molecule has 0 aliphatic rings. The van der Waals surface area contributed by atoms with Crippen molar-refractivity contribution in [3.63, 3.8) is 0 Å².